The fourth-order valence-corrected chi connectivity index (χ4v) is 3.10. The minimum absolute atomic E-state index is 0.230. The highest BCUT2D eigenvalue weighted by Crippen LogP contribution is 2.29. The third-order valence-electron chi connectivity index (χ3n) is 2.78. The molecule has 2 heterocycles. The van der Waals surface area contributed by atoms with Crippen LogP contribution < -0.4 is 10.6 Å². The molecule has 0 saturated carbocycles. The second kappa shape index (κ2) is 4.90. The molecule has 1 saturated heterocycles. The predicted molar refractivity (Wildman–Crippen MR) is 70.9 cm³/mol. The molecule has 0 radical (unpaired) electrons. The molecule has 0 aromatic carbocycles. The van der Waals surface area contributed by atoms with Gasteiger partial charge in [-0.15, -0.1) is 0 Å². The van der Waals surface area contributed by atoms with Gasteiger partial charge < -0.3 is 10.6 Å². The third kappa shape index (κ3) is 2.67. The molecule has 16 heavy (non-hydrogen) atoms. The van der Waals surface area contributed by atoms with Gasteiger partial charge in [-0.2, -0.15) is 0 Å². The Morgan fingerprint density at radius 3 is 2.94 bits per heavy atom. The van der Waals surface area contributed by atoms with Gasteiger partial charge in [-0.3, -0.25) is 0 Å². The zero-order valence-corrected chi connectivity index (χ0v) is 11.5. The van der Waals surface area contributed by atoms with Gasteiger partial charge in [0.05, 0.1) is 9.50 Å². The molecular weight excluding hydrogens is 289 g/mol. The van der Waals surface area contributed by atoms with Gasteiger partial charge in [0.25, 0.3) is 0 Å². The quantitative estimate of drug-likeness (QED) is 0.867. The second-order valence-electron chi connectivity index (χ2n) is 4.46. The van der Waals surface area contributed by atoms with Crippen molar-refractivity contribution in [3.8, 4) is 0 Å². The average molecular weight is 305 g/mol. The first kappa shape index (κ1) is 12.1. The maximum atomic E-state index is 6.02. The van der Waals surface area contributed by atoms with Crippen LogP contribution in [0.4, 0.5) is 5.82 Å². The fourth-order valence-electron chi connectivity index (χ4n) is 2.21. The Morgan fingerprint density at radius 2 is 2.31 bits per heavy atom. The molecule has 0 bridgehead atoms. The van der Waals surface area contributed by atoms with Gasteiger partial charge in [0, 0.05) is 25.3 Å². The van der Waals surface area contributed by atoms with Crippen molar-refractivity contribution in [2.24, 2.45) is 11.7 Å². The van der Waals surface area contributed by atoms with Crippen LogP contribution in [0.25, 0.3) is 0 Å². The highest BCUT2D eigenvalue weighted by atomic mass is 79.9. The molecule has 1 aliphatic heterocycles. The topological polar surface area (TPSA) is 42.1 Å². The number of rotatable bonds is 1. The molecule has 1 aromatic rings. The molecule has 2 rings (SSSR count). The number of aromatic nitrogens is 1. The molecule has 0 amide bonds. The van der Waals surface area contributed by atoms with Crippen molar-refractivity contribution in [2.75, 3.05) is 18.0 Å². The predicted octanol–water partition coefficient (Wildman–Crippen LogP) is 2.67. The lowest BCUT2D eigenvalue weighted by Crippen LogP contribution is -2.46. The van der Waals surface area contributed by atoms with Gasteiger partial charge in [0.2, 0.25) is 0 Å². The monoisotopic (exact) mass is 303 g/mol. The Bertz CT molecular complexity index is 375. The lowest BCUT2D eigenvalue weighted by Gasteiger charge is -2.36. The zero-order valence-electron chi connectivity index (χ0n) is 9.16. The van der Waals surface area contributed by atoms with Crippen molar-refractivity contribution in [3.63, 3.8) is 0 Å². The lowest BCUT2D eigenvalue weighted by molar-refractivity contribution is 0.399. The summed E-state index contributed by atoms with van der Waals surface area (Å²) in [6, 6.07) is 2.10. The Balaban J connectivity index is 2.23. The molecule has 3 nitrogen and oxygen atoms in total. The number of nitrogens with two attached hydrogens (primary N) is 1. The SMILES string of the molecule is CC1CC(N)CN(c2ncc(Cl)cc2Br)C1. The maximum Gasteiger partial charge on any atom is 0.143 e. The summed E-state index contributed by atoms with van der Waals surface area (Å²) in [5.74, 6) is 1.54. The number of nitrogens with zero attached hydrogens (tertiary/aromatic N) is 2. The summed E-state index contributed by atoms with van der Waals surface area (Å²) < 4.78 is 0.932. The summed E-state index contributed by atoms with van der Waals surface area (Å²) in [6.45, 7) is 4.08. The Kier molecular flexibility index (Phi) is 3.72. The molecule has 1 aromatic heterocycles. The molecule has 1 aliphatic rings. The first-order chi connectivity index (χ1) is 7.56. The normalized spacial score (nSPS) is 25.9. The van der Waals surface area contributed by atoms with E-state index in [9.17, 15) is 0 Å². The first-order valence-corrected chi connectivity index (χ1v) is 6.55. The van der Waals surface area contributed by atoms with Crippen LogP contribution in [0.5, 0.6) is 0 Å². The van der Waals surface area contributed by atoms with E-state index in [1.165, 1.54) is 0 Å². The van der Waals surface area contributed by atoms with Crippen molar-refractivity contribution in [3.05, 3.63) is 21.8 Å². The van der Waals surface area contributed by atoms with Crippen LogP contribution in [0, 0.1) is 5.92 Å². The molecular formula is C11H15BrClN3. The number of hydrogen-bond acceptors (Lipinski definition) is 3. The van der Waals surface area contributed by atoms with Crippen LogP contribution in [0.3, 0.4) is 0 Å². The first-order valence-electron chi connectivity index (χ1n) is 5.38. The van der Waals surface area contributed by atoms with Crippen LogP contribution in [-0.2, 0) is 0 Å². The zero-order chi connectivity index (χ0) is 11.7. The molecule has 1 fully saturated rings. The van der Waals surface area contributed by atoms with Crippen molar-refractivity contribution in [1.82, 2.24) is 4.98 Å². The van der Waals surface area contributed by atoms with Crippen molar-refractivity contribution < 1.29 is 0 Å². The number of anilines is 1. The van der Waals surface area contributed by atoms with E-state index in [0.29, 0.717) is 10.9 Å². The minimum atomic E-state index is 0.230. The summed E-state index contributed by atoms with van der Waals surface area (Å²) >= 11 is 9.37. The van der Waals surface area contributed by atoms with Gasteiger partial charge in [-0.25, -0.2) is 4.98 Å². The maximum absolute atomic E-state index is 6.02. The van der Waals surface area contributed by atoms with Crippen LogP contribution in [0.1, 0.15) is 13.3 Å². The van der Waals surface area contributed by atoms with Gasteiger partial charge in [-0.05, 0) is 34.3 Å². The molecule has 5 heteroatoms. The Labute approximate surface area is 109 Å². The van der Waals surface area contributed by atoms with E-state index < -0.39 is 0 Å². The number of piperidine rings is 1. The number of halogens is 2. The molecule has 88 valence electrons. The summed E-state index contributed by atoms with van der Waals surface area (Å²) in [7, 11) is 0. The van der Waals surface area contributed by atoms with Crippen LogP contribution in [0.15, 0.2) is 16.7 Å². The summed E-state index contributed by atoms with van der Waals surface area (Å²) in [5, 5.41) is 0.644. The van der Waals surface area contributed by atoms with E-state index >= 15 is 0 Å². The van der Waals surface area contributed by atoms with E-state index in [-0.39, 0.29) is 6.04 Å². The second-order valence-corrected chi connectivity index (χ2v) is 5.76. The molecule has 0 aliphatic carbocycles. The number of pyridine rings is 1. The van der Waals surface area contributed by atoms with E-state index in [2.05, 4.69) is 32.7 Å². The van der Waals surface area contributed by atoms with Gasteiger partial charge in [-0.1, -0.05) is 18.5 Å². The number of hydrogen-bond donors (Lipinski definition) is 1. The fraction of sp³-hybridized carbons (Fsp3) is 0.545. The van der Waals surface area contributed by atoms with E-state index in [4.69, 9.17) is 17.3 Å². The molecule has 2 atom stereocenters. The summed E-state index contributed by atoms with van der Waals surface area (Å²) in [4.78, 5) is 6.58. The highest BCUT2D eigenvalue weighted by molar-refractivity contribution is 9.10. The molecule has 2 N–H and O–H groups in total. The smallest absolute Gasteiger partial charge is 0.143 e. The third-order valence-corrected chi connectivity index (χ3v) is 3.57. The van der Waals surface area contributed by atoms with E-state index in [1.807, 2.05) is 6.07 Å². The molecule has 2 unspecified atom stereocenters. The summed E-state index contributed by atoms with van der Waals surface area (Å²) in [6.07, 6.45) is 2.76. The summed E-state index contributed by atoms with van der Waals surface area (Å²) in [5.41, 5.74) is 6.02. The lowest BCUT2D eigenvalue weighted by atomic mass is 9.97. The standard InChI is InChI=1S/C11H15BrClN3/c1-7-2-9(14)6-16(5-7)11-10(12)3-8(13)4-15-11/h3-4,7,9H,2,5-6,14H2,1H3. The van der Waals surface area contributed by atoms with Gasteiger partial charge >= 0.3 is 0 Å². The van der Waals surface area contributed by atoms with Crippen LogP contribution in [0.2, 0.25) is 5.02 Å². The Hall–Kier alpha value is -0.320. The highest BCUT2D eigenvalue weighted by Gasteiger charge is 2.24. The average Bonchev–Trinajstić information content (AvgIpc) is 2.15. The van der Waals surface area contributed by atoms with Gasteiger partial charge in [0.1, 0.15) is 5.82 Å². The molecule has 0 spiro atoms. The largest absolute Gasteiger partial charge is 0.354 e. The van der Waals surface area contributed by atoms with Crippen molar-refractivity contribution in [2.45, 2.75) is 19.4 Å². The van der Waals surface area contributed by atoms with Crippen LogP contribution >= 0.6 is 27.5 Å². The van der Waals surface area contributed by atoms with Crippen LogP contribution in [-0.4, -0.2) is 24.1 Å². The van der Waals surface area contributed by atoms with Crippen molar-refractivity contribution in [1.29, 1.82) is 0 Å². The Morgan fingerprint density at radius 1 is 1.56 bits per heavy atom. The van der Waals surface area contributed by atoms with E-state index in [1.54, 1.807) is 6.20 Å². The van der Waals surface area contributed by atoms with E-state index in [0.717, 1.165) is 29.8 Å². The minimum Gasteiger partial charge on any atom is -0.354 e. The van der Waals surface area contributed by atoms with Gasteiger partial charge in [0.15, 0.2) is 0 Å². The van der Waals surface area contributed by atoms with Crippen molar-refractivity contribution >= 4 is 33.3 Å².